The summed E-state index contributed by atoms with van der Waals surface area (Å²) in [7, 11) is 0. The molecule has 4 nitrogen and oxygen atoms in total. The number of halogens is 1. The minimum atomic E-state index is 0.199. The van der Waals surface area contributed by atoms with Gasteiger partial charge in [0.15, 0.2) is 0 Å². The van der Waals surface area contributed by atoms with E-state index in [2.05, 4.69) is 37.4 Å². The van der Waals surface area contributed by atoms with Gasteiger partial charge in [-0.15, -0.1) is 0 Å². The number of nitrogens with zero attached hydrogens (tertiary/aromatic N) is 3. The number of imidazole rings is 1. The molecule has 0 atom stereocenters. The molecule has 0 aliphatic carbocycles. The third-order valence-corrected chi connectivity index (χ3v) is 3.88. The van der Waals surface area contributed by atoms with Gasteiger partial charge in [0, 0.05) is 22.8 Å². The third kappa shape index (κ3) is 2.90. The summed E-state index contributed by atoms with van der Waals surface area (Å²) in [5, 5.41) is 9.89. The van der Waals surface area contributed by atoms with E-state index in [4.69, 9.17) is 0 Å². The van der Waals surface area contributed by atoms with E-state index in [-0.39, 0.29) is 5.75 Å². The fourth-order valence-corrected chi connectivity index (χ4v) is 2.74. The number of hydrogen-bond acceptors (Lipinski definition) is 3. The lowest BCUT2D eigenvalue weighted by atomic mass is 10.2. The molecule has 1 N–H and O–H groups in total. The van der Waals surface area contributed by atoms with Crippen LogP contribution in [0.2, 0.25) is 0 Å². The first-order valence-electron chi connectivity index (χ1n) is 7.17. The van der Waals surface area contributed by atoms with Crippen LogP contribution < -0.4 is 0 Å². The van der Waals surface area contributed by atoms with Crippen LogP contribution in [-0.2, 0) is 6.54 Å². The summed E-state index contributed by atoms with van der Waals surface area (Å²) in [6.07, 6.45) is 2.65. The molecular formula is C17H16BrN3O. The smallest absolute Gasteiger partial charge is 0.230 e. The van der Waals surface area contributed by atoms with Crippen molar-refractivity contribution in [3.63, 3.8) is 0 Å². The number of hydrogen-bond donors (Lipinski definition) is 1. The van der Waals surface area contributed by atoms with Crippen LogP contribution in [0.4, 0.5) is 5.95 Å². The fourth-order valence-electron chi connectivity index (χ4n) is 2.36. The minimum absolute atomic E-state index is 0.199. The molecule has 0 radical (unpaired) electrons. The van der Waals surface area contributed by atoms with Gasteiger partial charge >= 0.3 is 0 Å². The van der Waals surface area contributed by atoms with Gasteiger partial charge in [-0.3, -0.25) is 0 Å². The number of aromatic nitrogens is 2. The highest BCUT2D eigenvalue weighted by Crippen LogP contribution is 2.24. The highest BCUT2D eigenvalue weighted by atomic mass is 79.9. The number of fused-ring (bicyclic) bond motifs is 1. The molecule has 112 valence electrons. The van der Waals surface area contributed by atoms with E-state index in [1.54, 1.807) is 18.3 Å². The Kier molecular flexibility index (Phi) is 4.24. The molecule has 0 bridgehead atoms. The lowest BCUT2D eigenvalue weighted by Crippen LogP contribution is -1.96. The van der Waals surface area contributed by atoms with Gasteiger partial charge in [-0.05, 0) is 36.8 Å². The molecule has 3 aromatic rings. The molecule has 0 unspecified atom stereocenters. The van der Waals surface area contributed by atoms with E-state index in [0.717, 1.165) is 28.5 Å². The topological polar surface area (TPSA) is 50.4 Å². The van der Waals surface area contributed by atoms with Crippen molar-refractivity contribution in [2.75, 3.05) is 0 Å². The number of para-hydroxylation sites is 2. The van der Waals surface area contributed by atoms with Crippen molar-refractivity contribution in [2.24, 2.45) is 4.99 Å². The molecule has 0 saturated carbocycles. The van der Waals surface area contributed by atoms with Gasteiger partial charge < -0.3 is 9.67 Å². The van der Waals surface area contributed by atoms with Crippen molar-refractivity contribution in [3.05, 3.63) is 52.5 Å². The number of phenols is 1. The van der Waals surface area contributed by atoms with Gasteiger partial charge in [0.05, 0.1) is 11.0 Å². The zero-order valence-electron chi connectivity index (χ0n) is 12.2. The molecule has 1 heterocycles. The lowest BCUT2D eigenvalue weighted by Gasteiger charge is -2.04. The summed E-state index contributed by atoms with van der Waals surface area (Å²) in [6, 6.07) is 13.3. The number of rotatable bonds is 4. The lowest BCUT2D eigenvalue weighted by molar-refractivity contribution is 0.474. The Morgan fingerprint density at radius 2 is 2.09 bits per heavy atom. The summed E-state index contributed by atoms with van der Waals surface area (Å²) in [5.41, 5.74) is 2.67. The first-order valence-corrected chi connectivity index (χ1v) is 7.96. The molecule has 0 aliphatic heterocycles. The SMILES string of the molecule is CCCn1c(/N=C/c2cc(Br)ccc2O)nc2ccccc21. The Hall–Kier alpha value is -2.14. The van der Waals surface area contributed by atoms with E-state index >= 15 is 0 Å². The van der Waals surface area contributed by atoms with Crippen LogP contribution in [-0.4, -0.2) is 20.9 Å². The standard InChI is InChI=1S/C17H16BrN3O/c1-2-9-21-15-6-4-3-5-14(15)20-17(21)19-11-12-10-13(18)7-8-16(12)22/h3-8,10-11,22H,2,9H2,1H3/b19-11+. The van der Waals surface area contributed by atoms with Gasteiger partial charge in [0.1, 0.15) is 5.75 Å². The normalized spacial score (nSPS) is 11.5. The maximum absolute atomic E-state index is 9.89. The van der Waals surface area contributed by atoms with Crippen molar-refractivity contribution in [1.29, 1.82) is 0 Å². The monoisotopic (exact) mass is 357 g/mol. The van der Waals surface area contributed by atoms with Crippen LogP contribution in [0.1, 0.15) is 18.9 Å². The third-order valence-electron chi connectivity index (χ3n) is 3.39. The van der Waals surface area contributed by atoms with Gasteiger partial charge in [0.2, 0.25) is 5.95 Å². The van der Waals surface area contributed by atoms with E-state index < -0.39 is 0 Å². The van der Waals surface area contributed by atoms with Crippen LogP contribution in [0, 0.1) is 0 Å². The summed E-state index contributed by atoms with van der Waals surface area (Å²) in [6.45, 7) is 2.99. The zero-order chi connectivity index (χ0) is 15.5. The Labute approximate surface area is 137 Å². The predicted octanol–water partition coefficient (Wildman–Crippen LogP) is 4.67. The van der Waals surface area contributed by atoms with Crippen molar-refractivity contribution < 1.29 is 5.11 Å². The van der Waals surface area contributed by atoms with Crippen LogP contribution in [0.3, 0.4) is 0 Å². The minimum Gasteiger partial charge on any atom is -0.507 e. The maximum atomic E-state index is 9.89. The number of phenolic OH excluding ortho intramolecular Hbond substituents is 1. The van der Waals surface area contributed by atoms with Crippen molar-refractivity contribution in [3.8, 4) is 5.75 Å². The number of aromatic hydroxyl groups is 1. The fraction of sp³-hybridized carbons (Fsp3) is 0.176. The average Bonchev–Trinajstić information content (AvgIpc) is 2.87. The van der Waals surface area contributed by atoms with Crippen molar-refractivity contribution >= 4 is 39.1 Å². The van der Waals surface area contributed by atoms with E-state index in [1.165, 1.54) is 0 Å². The van der Waals surface area contributed by atoms with E-state index in [0.29, 0.717) is 11.5 Å². The van der Waals surface area contributed by atoms with E-state index in [9.17, 15) is 5.11 Å². The quantitative estimate of drug-likeness (QED) is 0.690. The molecule has 5 heteroatoms. The molecule has 0 aliphatic rings. The molecule has 22 heavy (non-hydrogen) atoms. The summed E-state index contributed by atoms with van der Waals surface area (Å²) in [4.78, 5) is 9.05. The van der Waals surface area contributed by atoms with Crippen molar-refractivity contribution in [1.82, 2.24) is 9.55 Å². The molecule has 2 aromatic carbocycles. The highest BCUT2D eigenvalue weighted by molar-refractivity contribution is 9.10. The van der Waals surface area contributed by atoms with Gasteiger partial charge in [-0.1, -0.05) is 35.0 Å². The van der Waals surface area contributed by atoms with Crippen molar-refractivity contribution in [2.45, 2.75) is 19.9 Å². The maximum Gasteiger partial charge on any atom is 0.230 e. The van der Waals surface area contributed by atoms with E-state index in [1.807, 2.05) is 30.3 Å². The molecule has 0 amide bonds. The number of aryl methyl sites for hydroxylation is 1. The largest absolute Gasteiger partial charge is 0.507 e. The molecule has 0 spiro atoms. The zero-order valence-corrected chi connectivity index (χ0v) is 13.8. The molecule has 0 saturated heterocycles. The second kappa shape index (κ2) is 6.32. The summed E-state index contributed by atoms with van der Waals surface area (Å²) < 4.78 is 3.00. The molecular weight excluding hydrogens is 342 g/mol. The Morgan fingerprint density at radius 1 is 1.27 bits per heavy atom. The average molecular weight is 358 g/mol. The van der Waals surface area contributed by atoms with Crippen LogP contribution in [0.25, 0.3) is 11.0 Å². The van der Waals surface area contributed by atoms with Crippen LogP contribution >= 0.6 is 15.9 Å². The number of aliphatic imine (C=N–C) groups is 1. The van der Waals surface area contributed by atoms with Gasteiger partial charge in [-0.25, -0.2) is 9.98 Å². The molecule has 3 rings (SSSR count). The Morgan fingerprint density at radius 3 is 2.91 bits per heavy atom. The summed E-state index contributed by atoms with van der Waals surface area (Å²) >= 11 is 3.40. The molecule has 0 fully saturated rings. The van der Waals surface area contributed by atoms with Crippen LogP contribution in [0.15, 0.2) is 51.9 Å². The molecule has 1 aromatic heterocycles. The second-order valence-electron chi connectivity index (χ2n) is 5.01. The Balaban J connectivity index is 2.04. The van der Waals surface area contributed by atoms with Crippen LogP contribution in [0.5, 0.6) is 5.75 Å². The second-order valence-corrected chi connectivity index (χ2v) is 5.93. The Bertz CT molecular complexity index is 839. The first-order chi connectivity index (χ1) is 10.7. The predicted molar refractivity (Wildman–Crippen MR) is 93.1 cm³/mol. The highest BCUT2D eigenvalue weighted by Gasteiger charge is 2.08. The van der Waals surface area contributed by atoms with Gasteiger partial charge in [-0.2, -0.15) is 0 Å². The van der Waals surface area contributed by atoms with Gasteiger partial charge in [0.25, 0.3) is 0 Å². The number of benzene rings is 2. The summed E-state index contributed by atoms with van der Waals surface area (Å²) in [5.74, 6) is 0.854. The first kappa shape index (κ1) is 14.8.